The second kappa shape index (κ2) is 6.17. The fourth-order valence-corrected chi connectivity index (χ4v) is 2.62. The van der Waals surface area contributed by atoms with Crippen molar-refractivity contribution in [2.24, 2.45) is 5.41 Å². The molecule has 0 aromatic carbocycles. The average molecular weight is 242 g/mol. The molecular weight excluding hydrogens is 212 g/mol. The summed E-state index contributed by atoms with van der Waals surface area (Å²) in [6.07, 6.45) is 2.39. The van der Waals surface area contributed by atoms with Crippen LogP contribution in [0.4, 0.5) is 0 Å². The van der Waals surface area contributed by atoms with Crippen LogP contribution < -0.4 is 5.32 Å². The maximum absolute atomic E-state index is 5.20. The van der Waals surface area contributed by atoms with E-state index in [1.807, 2.05) is 0 Å². The summed E-state index contributed by atoms with van der Waals surface area (Å²) in [4.78, 5) is 2.61. The number of hydrogen-bond donors (Lipinski definition) is 1. The molecule has 3 nitrogen and oxygen atoms in total. The molecule has 0 spiro atoms. The number of rotatable bonds is 5. The van der Waals surface area contributed by atoms with E-state index in [0.717, 1.165) is 26.1 Å². The number of hydrogen-bond acceptors (Lipinski definition) is 3. The highest BCUT2D eigenvalue weighted by Crippen LogP contribution is 2.23. The Kier molecular flexibility index (Phi) is 5.42. The minimum atomic E-state index is 0.244. The SMILES string of the molecule is COCCC(C)(C)CN1CCCNC(C)(C)C1. The lowest BCUT2D eigenvalue weighted by atomic mass is 9.88. The quantitative estimate of drug-likeness (QED) is 0.799. The third-order valence-corrected chi connectivity index (χ3v) is 3.51. The zero-order valence-electron chi connectivity index (χ0n) is 12.3. The Morgan fingerprint density at radius 3 is 2.71 bits per heavy atom. The van der Waals surface area contributed by atoms with Crippen molar-refractivity contribution in [1.82, 2.24) is 10.2 Å². The molecule has 0 radical (unpaired) electrons. The van der Waals surface area contributed by atoms with Gasteiger partial charge in [-0.3, -0.25) is 0 Å². The molecule has 1 aliphatic rings. The normalized spacial score (nSPS) is 22.4. The summed E-state index contributed by atoms with van der Waals surface area (Å²) >= 11 is 0. The molecule has 0 bridgehead atoms. The average Bonchev–Trinajstić information content (AvgIpc) is 2.35. The van der Waals surface area contributed by atoms with Gasteiger partial charge in [-0.2, -0.15) is 0 Å². The number of ether oxygens (including phenoxy) is 1. The molecule has 0 aromatic rings. The Balaban J connectivity index is 2.48. The number of nitrogens with zero attached hydrogens (tertiary/aromatic N) is 1. The summed E-state index contributed by atoms with van der Waals surface area (Å²) < 4.78 is 5.20. The minimum Gasteiger partial charge on any atom is -0.385 e. The van der Waals surface area contributed by atoms with Crippen LogP contribution in [0.5, 0.6) is 0 Å². The van der Waals surface area contributed by atoms with Gasteiger partial charge in [0.05, 0.1) is 0 Å². The standard InChI is InChI=1S/C14H30N2O/c1-13(2,7-10-17-5)11-16-9-6-8-15-14(3,4)12-16/h15H,6-12H2,1-5H3. The molecule has 1 aliphatic heterocycles. The highest BCUT2D eigenvalue weighted by atomic mass is 16.5. The second-order valence-electron chi connectivity index (χ2n) is 6.78. The highest BCUT2D eigenvalue weighted by Gasteiger charge is 2.28. The Bertz CT molecular complexity index is 226. The topological polar surface area (TPSA) is 24.5 Å². The Morgan fingerprint density at radius 1 is 1.35 bits per heavy atom. The highest BCUT2D eigenvalue weighted by molar-refractivity contribution is 4.86. The van der Waals surface area contributed by atoms with Gasteiger partial charge >= 0.3 is 0 Å². The van der Waals surface area contributed by atoms with Crippen LogP contribution in [0.15, 0.2) is 0 Å². The first kappa shape index (κ1) is 14.9. The largest absolute Gasteiger partial charge is 0.385 e. The van der Waals surface area contributed by atoms with E-state index in [2.05, 4.69) is 37.9 Å². The van der Waals surface area contributed by atoms with Crippen molar-refractivity contribution >= 4 is 0 Å². The predicted molar refractivity (Wildman–Crippen MR) is 73.4 cm³/mol. The Labute approximate surface area is 107 Å². The zero-order chi connectivity index (χ0) is 12.9. The van der Waals surface area contributed by atoms with Gasteiger partial charge in [0.25, 0.3) is 0 Å². The van der Waals surface area contributed by atoms with Gasteiger partial charge in [-0.25, -0.2) is 0 Å². The van der Waals surface area contributed by atoms with Crippen LogP contribution in [0.2, 0.25) is 0 Å². The lowest BCUT2D eigenvalue weighted by Gasteiger charge is -2.35. The van der Waals surface area contributed by atoms with E-state index in [4.69, 9.17) is 4.74 Å². The van der Waals surface area contributed by atoms with Gasteiger partial charge in [0, 0.05) is 32.3 Å². The maximum atomic E-state index is 5.20. The van der Waals surface area contributed by atoms with Crippen molar-refractivity contribution in [3.63, 3.8) is 0 Å². The molecule has 0 aliphatic carbocycles. The number of methoxy groups -OCH3 is 1. The molecule has 1 N–H and O–H groups in total. The first-order chi connectivity index (χ1) is 7.85. The van der Waals surface area contributed by atoms with E-state index in [1.54, 1.807) is 7.11 Å². The van der Waals surface area contributed by atoms with E-state index in [-0.39, 0.29) is 5.54 Å². The molecule has 1 heterocycles. The van der Waals surface area contributed by atoms with E-state index in [9.17, 15) is 0 Å². The Hall–Kier alpha value is -0.120. The molecule has 0 amide bonds. The van der Waals surface area contributed by atoms with Gasteiger partial charge in [-0.05, 0) is 45.2 Å². The van der Waals surface area contributed by atoms with E-state index in [1.165, 1.54) is 19.5 Å². The monoisotopic (exact) mass is 242 g/mol. The lowest BCUT2D eigenvalue weighted by molar-refractivity contribution is 0.109. The molecular formula is C14H30N2O. The van der Waals surface area contributed by atoms with Crippen LogP contribution in [0.25, 0.3) is 0 Å². The molecule has 0 aromatic heterocycles. The fourth-order valence-electron chi connectivity index (χ4n) is 2.62. The zero-order valence-corrected chi connectivity index (χ0v) is 12.3. The van der Waals surface area contributed by atoms with Gasteiger partial charge in [-0.1, -0.05) is 13.8 Å². The van der Waals surface area contributed by atoms with Crippen molar-refractivity contribution < 1.29 is 4.74 Å². The van der Waals surface area contributed by atoms with E-state index in [0.29, 0.717) is 5.41 Å². The third-order valence-electron chi connectivity index (χ3n) is 3.51. The van der Waals surface area contributed by atoms with Crippen LogP contribution in [0, 0.1) is 5.41 Å². The number of nitrogens with one attached hydrogen (secondary N) is 1. The summed E-state index contributed by atoms with van der Waals surface area (Å²) in [5.41, 5.74) is 0.588. The first-order valence-electron chi connectivity index (χ1n) is 6.81. The molecule has 17 heavy (non-hydrogen) atoms. The molecule has 102 valence electrons. The summed E-state index contributed by atoms with van der Waals surface area (Å²) in [5, 5.41) is 3.61. The molecule has 3 heteroatoms. The van der Waals surface area contributed by atoms with E-state index < -0.39 is 0 Å². The van der Waals surface area contributed by atoms with E-state index >= 15 is 0 Å². The van der Waals surface area contributed by atoms with Gasteiger partial charge in [0.2, 0.25) is 0 Å². The summed E-state index contributed by atoms with van der Waals surface area (Å²) in [5.74, 6) is 0. The van der Waals surface area contributed by atoms with Crippen molar-refractivity contribution in [3.05, 3.63) is 0 Å². The summed E-state index contributed by atoms with van der Waals surface area (Å²) in [7, 11) is 1.79. The molecule has 0 atom stereocenters. The van der Waals surface area contributed by atoms with Gasteiger partial charge in [0.1, 0.15) is 0 Å². The van der Waals surface area contributed by atoms with Crippen LogP contribution in [-0.2, 0) is 4.74 Å². The van der Waals surface area contributed by atoms with Crippen LogP contribution in [-0.4, -0.2) is 50.3 Å². The van der Waals surface area contributed by atoms with Gasteiger partial charge in [-0.15, -0.1) is 0 Å². The lowest BCUT2D eigenvalue weighted by Crippen LogP contribution is -2.48. The molecule has 1 fully saturated rings. The molecule has 1 saturated heterocycles. The van der Waals surface area contributed by atoms with Gasteiger partial charge < -0.3 is 15.0 Å². The second-order valence-corrected chi connectivity index (χ2v) is 6.78. The minimum absolute atomic E-state index is 0.244. The van der Waals surface area contributed by atoms with Gasteiger partial charge in [0.15, 0.2) is 0 Å². The van der Waals surface area contributed by atoms with Crippen molar-refractivity contribution in [2.75, 3.05) is 39.9 Å². The smallest absolute Gasteiger partial charge is 0.0467 e. The van der Waals surface area contributed by atoms with Crippen molar-refractivity contribution in [1.29, 1.82) is 0 Å². The summed E-state index contributed by atoms with van der Waals surface area (Å²) in [6.45, 7) is 14.8. The van der Waals surface area contributed by atoms with Crippen LogP contribution in [0.3, 0.4) is 0 Å². The third kappa shape index (κ3) is 5.84. The van der Waals surface area contributed by atoms with Crippen molar-refractivity contribution in [3.8, 4) is 0 Å². The Morgan fingerprint density at radius 2 is 2.06 bits per heavy atom. The maximum Gasteiger partial charge on any atom is 0.0467 e. The van der Waals surface area contributed by atoms with Crippen molar-refractivity contribution in [2.45, 2.75) is 46.1 Å². The predicted octanol–water partition coefficient (Wildman–Crippen LogP) is 2.12. The molecule has 1 rings (SSSR count). The van der Waals surface area contributed by atoms with Crippen LogP contribution in [0.1, 0.15) is 40.5 Å². The van der Waals surface area contributed by atoms with Crippen LogP contribution >= 0.6 is 0 Å². The fraction of sp³-hybridized carbons (Fsp3) is 1.00. The first-order valence-corrected chi connectivity index (χ1v) is 6.81. The summed E-state index contributed by atoms with van der Waals surface area (Å²) in [6, 6.07) is 0. The molecule has 0 saturated carbocycles. The molecule has 0 unspecified atom stereocenters.